The highest BCUT2D eigenvalue weighted by Gasteiger charge is 2.23. The van der Waals surface area contributed by atoms with Gasteiger partial charge in [-0.3, -0.25) is 0 Å². The lowest BCUT2D eigenvalue weighted by Gasteiger charge is -2.17. The van der Waals surface area contributed by atoms with Gasteiger partial charge in [0.2, 0.25) is 0 Å². The van der Waals surface area contributed by atoms with E-state index < -0.39 is 0 Å². The van der Waals surface area contributed by atoms with Crippen LogP contribution >= 0.6 is 0 Å². The monoisotopic (exact) mass is 219 g/mol. The van der Waals surface area contributed by atoms with E-state index in [9.17, 15) is 4.79 Å². The lowest BCUT2D eigenvalue weighted by Crippen LogP contribution is -2.35. The highest BCUT2D eigenvalue weighted by atomic mass is 16.2. The van der Waals surface area contributed by atoms with Crippen LogP contribution in [0.1, 0.15) is 12.0 Å². The molecule has 0 aromatic heterocycles. The molecule has 1 aliphatic heterocycles. The molecular weight excluding hydrogens is 202 g/mol. The molecule has 0 aliphatic carbocycles. The Morgan fingerprint density at radius 1 is 1.50 bits per heavy atom. The fraction of sp³-hybridized carbons (Fsp3) is 0.417. The molecule has 0 bridgehead atoms. The summed E-state index contributed by atoms with van der Waals surface area (Å²) < 4.78 is 0. The average molecular weight is 219 g/mol. The molecular formula is C12H17N3O. The van der Waals surface area contributed by atoms with Crippen molar-refractivity contribution in [1.29, 1.82) is 0 Å². The zero-order chi connectivity index (χ0) is 11.5. The number of nitrogens with one attached hydrogen (secondary N) is 1. The second-order valence-corrected chi connectivity index (χ2v) is 4.24. The van der Waals surface area contributed by atoms with Gasteiger partial charge in [-0.05, 0) is 25.0 Å². The molecule has 2 amide bonds. The molecule has 1 fully saturated rings. The van der Waals surface area contributed by atoms with E-state index >= 15 is 0 Å². The van der Waals surface area contributed by atoms with Crippen LogP contribution in [0.4, 0.5) is 10.5 Å². The van der Waals surface area contributed by atoms with E-state index in [4.69, 9.17) is 5.73 Å². The number of aryl methyl sites for hydroxylation is 1. The minimum Gasteiger partial charge on any atom is -0.326 e. The lowest BCUT2D eigenvalue weighted by atomic mass is 10.2. The summed E-state index contributed by atoms with van der Waals surface area (Å²) in [6, 6.07) is 7.83. The van der Waals surface area contributed by atoms with Gasteiger partial charge in [0.25, 0.3) is 0 Å². The van der Waals surface area contributed by atoms with Crippen LogP contribution in [0.2, 0.25) is 0 Å². The number of likely N-dealkylation sites (tertiary alicyclic amines) is 1. The van der Waals surface area contributed by atoms with Crippen LogP contribution in [-0.2, 0) is 0 Å². The first kappa shape index (κ1) is 11.0. The number of urea groups is 1. The van der Waals surface area contributed by atoms with Crippen molar-refractivity contribution >= 4 is 11.7 Å². The van der Waals surface area contributed by atoms with E-state index in [1.165, 1.54) is 0 Å². The summed E-state index contributed by atoms with van der Waals surface area (Å²) in [5.41, 5.74) is 7.70. The van der Waals surface area contributed by atoms with Crippen LogP contribution in [0.5, 0.6) is 0 Å². The van der Waals surface area contributed by atoms with E-state index in [1.807, 2.05) is 31.2 Å². The Hall–Kier alpha value is -1.55. The van der Waals surface area contributed by atoms with Crippen molar-refractivity contribution in [3.8, 4) is 0 Å². The highest BCUT2D eigenvalue weighted by molar-refractivity contribution is 5.90. The minimum atomic E-state index is -0.0535. The van der Waals surface area contributed by atoms with Crippen molar-refractivity contribution in [2.24, 2.45) is 5.73 Å². The molecule has 0 spiro atoms. The molecule has 1 aliphatic rings. The third-order valence-electron chi connectivity index (χ3n) is 2.90. The van der Waals surface area contributed by atoms with E-state index in [1.54, 1.807) is 4.90 Å². The predicted molar refractivity (Wildman–Crippen MR) is 64.4 cm³/mol. The summed E-state index contributed by atoms with van der Waals surface area (Å²) in [6.45, 7) is 3.38. The fourth-order valence-electron chi connectivity index (χ4n) is 1.88. The van der Waals surface area contributed by atoms with Crippen LogP contribution in [0.25, 0.3) is 0 Å². The van der Waals surface area contributed by atoms with Gasteiger partial charge in [-0.15, -0.1) is 0 Å². The Labute approximate surface area is 95.4 Å². The van der Waals surface area contributed by atoms with Crippen molar-refractivity contribution in [2.75, 3.05) is 18.4 Å². The molecule has 4 nitrogen and oxygen atoms in total. The van der Waals surface area contributed by atoms with Gasteiger partial charge in [-0.1, -0.05) is 18.2 Å². The number of hydrogen-bond acceptors (Lipinski definition) is 2. The van der Waals surface area contributed by atoms with Crippen molar-refractivity contribution in [3.05, 3.63) is 29.8 Å². The maximum Gasteiger partial charge on any atom is 0.321 e. The van der Waals surface area contributed by atoms with Gasteiger partial charge in [0.05, 0.1) is 0 Å². The van der Waals surface area contributed by atoms with Crippen LogP contribution < -0.4 is 11.1 Å². The van der Waals surface area contributed by atoms with E-state index in [0.29, 0.717) is 6.54 Å². The van der Waals surface area contributed by atoms with Crippen LogP contribution in [0, 0.1) is 6.92 Å². The summed E-state index contributed by atoms with van der Waals surface area (Å²) in [6.07, 6.45) is 0.890. The molecule has 0 radical (unpaired) electrons. The van der Waals surface area contributed by atoms with Gasteiger partial charge >= 0.3 is 6.03 Å². The molecule has 1 heterocycles. The fourth-order valence-corrected chi connectivity index (χ4v) is 1.88. The molecule has 1 unspecified atom stereocenters. The first-order valence-electron chi connectivity index (χ1n) is 5.54. The molecule has 1 aromatic rings. The number of nitrogens with two attached hydrogens (primary N) is 1. The molecule has 16 heavy (non-hydrogen) atoms. The maximum absolute atomic E-state index is 11.9. The predicted octanol–water partition coefficient (Wildman–Crippen LogP) is 1.56. The SMILES string of the molecule is Cc1ccccc1NC(=O)N1CCC(N)C1. The van der Waals surface area contributed by atoms with E-state index in [0.717, 1.165) is 24.2 Å². The summed E-state index contributed by atoms with van der Waals surface area (Å²) in [5, 5.41) is 2.90. The first-order chi connectivity index (χ1) is 7.66. The maximum atomic E-state index is 11.9. The topological polar surface area (TPSA) is 58.4 Å². The minimum absolute atomic E-state index is 0.0535. The van der Waals surface area contributed by atoms with Crippen LogP contribution in [0.3, 0.4) is 0 Å². The number of benzene rings is 1. The van der Waals surface area contributed by atoms with Gasteiger partial charge in [-0.25, -0.2) is 4.79 Å². The van der Waals surface area contributed by atoms with Crippen LogP contribution in [-0.4, -0.2) is 30.1 Å². The number of carbonyl (C=O) groups excluding carboxylic acids is 1. The van der Waals surface area contributed by atoms with Gasteiger partial charge < -0.3 is 16.0 Å². The van der Waals surface area contributed by atoms with Gasteiger partial charge in [0.15, 0.2) is 0 Å². The normalized spacial score (nSPS) is 19.9. The van der Waals surface area contributed by atoms with E-state index in [2.05, 4.69) is 5.32 Å². The summed E-state index contributed by atoms with van der Waals surface area (Å²) in [7, 11) is 0. The molecule has 4 heteroatoms. The number of nitrogens with zero attached hydrogens (tertiary/aromatic N) is 1. The number of rotatable bonds is 1. The molecule has 1 saturated heterocycles. The number of para-hydroxylation sites is 1. The Morgan fingerprint density at radius 3 is 2.88 bits per heavy atom. The molecule has 86 valence electrons. The quantitative estimate of drug-likeness (QED) is 0.753. The second kappa shape index (κ2) is 4.53. The largest absolute Gasteiger partial charge is 0.326 e. The molecule has 3 N–H and O–H groups in total. The number of amides is 2. The molecule has 0 saturated carbocycles. The standard InChI is InChI=1S/C12H17N3O/c1-9-4-2-3-5-11(9)14-12(16)15-7-6-10(13)8-15/h2-5,10H,6-8,13H2,1H3,(H,14,16). The third-order valence-corrected chi connectivity index (χ3v) is 2.90. The van der Waals surface area contributed by atoms with E-state index in [-0.39, 0.29) is 12.1 Å². The lowest BCUT2D eigenvalue weighted by molar-refractivity contribution is 0.222. The molecule has 1 aromatic carbocycles. The Kier molecular flexibility index (Phi) is 3.10. The van der Waals surface area contributed by atoms with Crippen molar-refractivity contribution in [1.82, 2.24) is 4.90 Å². The van der Waals surface area contributed by atoms with Crippen molar-refractivity contribution < 1.29 is 4.79 Å². The van der Waals surface area contributed by atoms with Gasteiger partial charge in [0, 0.05) is 24.8 Å². The second-order valence-electron chi connectivity index (χ2n) is 4.24. The summed E-state index contributed by atoms with van der Waals surface area (Å²) in [4.78, 5) is 13.6. The van der Waals surface area contributed by atoms with Gasteiger partial charge in [-0.2, -0.15) is 0 Å². The number of hydrogen-bond donors (Lipinski definition) is 2. The van der Waals surface area contributed by atoms with Crippen LogP contribution in [0.15, 0.2) is 24.3 Å². The molecule has 1 atom stereocenters. The van der Waals surface area contributed by atoms with Crippen molar-refractivity contribution in [2.45, 2.75) is 19.4 Å². The van der Waals surface area contributed by atoms with Crippen molar-refractivity contribution in [3.63, 3.8) is 0 Å². The summed E-state index contributed by atoms with van der Waals surface area (Å²) in [5.74, 6) is 0. The zero-order valence-electron chi connectivity index (χ0n) is 9.44. The summed E-state index contributed by atoms with van der Waals surface area (Å²) >= 11 is 0. The highest BCUT2D eigenvalue weighted by Crippen LogP contribution is 2.15. The Balaban J connectivity index is 2.00. The Bertz CT molecular complexity index is 392. The molecule has 2 rings (SSSR count). The smallest absolute Gasteiger partial charge is 0.321 e. The van der Waals surface area contributed by atoms with Gasteiger partial charge in [0.1, 0.15) is 0 Å². The first-order valence-corrected chi connectivity index (χ1v) is 5.54. The number of anilines is 1. The Morgan fingerprint density at radius 2 is 2.25 bits per heavy atom. The zero-order valence-corrected chi connectivity index (χ0v) is 9.44. The number of carbonyl (C=O) groups is 1. The average Bonchev–Trinajstić information content (AvgIpc) is 2.68. The third kappa shape index (κ3) is 2.33.